The van der Waals surface area contributed by atoms with Gasteiger partial charge in [0, 0.05) is 25.7 Å². The predicted molar refractivity (Wildman–Crippen MR) is 66.2 cm³/mol. The number of hydrogen-bond donors (Lipinski definition) is 2. The summed E-state index contributed by atoms with van der Waals surface area (Å²) in [5.41, 5.74) is 0. The van der Waals surface area contributed by atoms with E-state index in [0.717, 1.165) is 25.7 Å². The van der Waals surface area contributed by atoms with Crippen LogP contribution in [0.1, 0.15) is 39.5 Å². The molecule has 0 aliphatic heterocycles. The van der Waals surface area contributed by atoms with Crippen molar-refractivity contribution in [1.82, 2.24) is 10.2 Å². The van der Waals surface area contributed by atoms with Crippen LogP contribution >= 0.6 is 0 Å². The van der Waals surface area contributed by atoms with Gasteiger partial charge in [-0.3, -0.25) is 0 Å². The fraction of sp³-hybridized carbons (Fsp3) is 1.00. The molecule has 0 saturated heterocycles. The van der Waals surface area contributed by atoms with Gasteiger partial charge in [0.05, 0.1) is 6.61 Å². The summed E-state index contributed by atoms with van der Waals surface area (Å²) in [6, 6.07) is 0.816. The molecule has 0 atom stereocenters. The summed E-state index contributed by atoms with van der Waals surface area (Å²) < 4.78 is 0. The lowest BCUT2D eigenvalue weighted by Crippen LogP contribution is -2.36. The molecule has 0 amide bonds. The van der Waals surface area contributed by atoms with Crippen molar-refractivity contribution in [3.8, 4) is 0 Å². The minimum atomic E-state index is 0.243. The third-order valence-electron chi connectivity index (χ3n) is 2.88. The number of nitrogens with zero attached hydrogens (tertiary/aromatic N) is 1. The molecule has 15 heavy (non-hydrogen) atoms. The second-order valence-corrected chi connectivity index (χ2v) is 3.89. The number of aliphatic hydroxyl groups is 1. The van der Waals surface area contributed by atoms with E-state index in [1.54, 1.807) is 0 Å². The molecule has 1 saturated carbocycles. The molecule has 92 valence electrons. The van der Waals surface area contributed by atoms with Crippen LogP contribution in [0.3, 0.4) is 0 Å². The van der Waals surface area contributed by atoms with Crippen LogP contribution in [0.4, 0.5) is 0 Å². The summed E-state index contributed by atoms with van der Waals surface area (Å²) in [5, 5.41) is 11.8. The normalized spacial score (nSPS) is 16.6. The van der Waals surface area contributed by atoms with Crippen molar-refractivity contribution in [2.24, 2.45) is 0 Å². The van der Waals surface area contributed by atoms with Crippen molar-refractivity contribution < 1.29 is 5.11 Å². The van der Waals surface area contributed by atoms with Crippen LogP contribution in [0.5, 0.6) is 0 Å². The molecule has 0 aromatic heterocycles. The molecule has 1 aliphatic carbocycles. The summed E-state index contributed by atoms with van der Waals surface area (Å²) in [7, 11) is 2.20. The van der Waals surface area contributed by atoms with Gasteiger partial charge in [-0.1, -0.05) is 26.7 Å². The molecular formula is C12H28N2O. The average Bonchev–Trinajstić information content (AvgIpc) is 2.80. The third-order valence-corrected chi connectivity index (χ3v) is 2.88. The minimum absolute atomic E-state index is 0.243. The zero-order valence-corrected chi connectivity index (χ0v) is 10.6. The molecule has 0 unspecified atom stereocenters. The standard InChI is InChI=1S/C10H22N2O.C2H6/c1-12(8-6-11-7-9-13)10-4-2-3-5-10;1-2/h10-11,13H,2-9H2,1H3;1-2H3. The Morgan fingerprint density at radius 2 is 1.80 bits per heavy atom. The maximum atomic E-state index is 8.57. The predicted octanol–water partition coefficient (Wildman–Crippen LogP) is 1.47. The smallest absolute Gasteiger partial charge is 0.0555 e. The van der Waals surface area contributed by atoms with E-state index < -0.39 is 0 Å². The molecule has 1 fully saturated rings. The first-order valence-corrected chi connectivity index (χ1v) is 6.36. The van der Waals surface area contributed by atoms with Crippen LogP contribution in [0, 0.1) is 0 Å². The van der Waals surface area contributed by atoms with Crippen LogP contribution in [0.25, 0.3) is 0 Å². The second-order valence-electron chi connectivity index (χ2n) is 3.89. The van der Waals surface area contributed by atoms with Crippen LogP contribution in [0.15, 0.2) is 0 Å². The molecule has 3 nitrogen and oxygen atoms in total. The molecule has 2 N–H and O–H groups in total. The van der Waals surface area contributed by atoms with Crippen molar-refractivity contribution in [2.75, 3.05) is 33.3 Å². The second kappa shape index (κ2) is 10.4. The average molecular weight is 216 g/mol. The van der Waals surface area contributed by atoms with Gasteiger partial charge in [0.2, 0.25) is 0 Å². The van der Waals surface area contributed by atoms with Gasteiger partial charge in [-0.15, -0.1) is 0 Å². The first kappa shape index (κ1) is 14.9. The lowest BCUT2D eigenvalue weighted by atomic mass is 10.2. The first-order valence-electron chi connectivity index (χ1n) is 6.36. The zero-order valence-electron chi connectivity index (χ0n) is 10.6. The van der Waals surface area contributed by atoms with Crippen molar-refractivity contribution in [3.63, 3.8) is 0 Å². The van der Waals surface area contributed by atoms with Crippen molar-refractivity contribution in [3.05, 3.63) is 0 Å². The van der Waals surface area contributed by atoms with Crippen molar-refractivity contribution >= 4 is 0 Å². The van der Waals surface area contributed by atoms with E-state index in [9.17, 15) is 0 Å². The summed E-state index contributed by atoms with van der Waals surface area (Å²) >= 11 is 0. The van der Waals surface area contributed by atoms with Gasteiger partial charge in [-0.25, -0.2) is 0 Å². The van der Waals surface area contributed by atoms with Gasteiger partial charge in [0.15, 0.2) is 0 Å². The van der Waals surface area contributed by atoms with Crippen molar-refractivity contribution in [1.29, 1.82) is 0 Å². The maximum absolute atomic E-state index is 8.57. The molecule has 0 heterocycles. The maximum Gasteiger partial charge on any atom is 0.0555 e. The van der Waals surface area contributed by atoms with Crippen molar-refractivity contribution in [2.45, 2.75) is 45.6 Å². The molecule has 1 rings (SSSR count). The number of hydrogen-bond acceptors (Lipinski definition) is 3. The van der Waals surface area contributed by atoms with Gasteiger partial charge in [-0.2, -0.15) is 0 Å². The number of likely N-dealkylation sites (N-methyl/N-ethyl adjacent to an activating group) is 1. The fourth-order valence-corrected chi connectivity index (χ4v) is 1.99. The highest BCUT2D eigenvalue weighted by molar-refractivity contribution is 4.75. The SMILES string of the molecule is CC.CN(CCNCCO)C1CCCC1. The van der Waals surface area contributed by atoms with Crippen LogP contribution in [-0.2, 0) is 0 Å². The largest absolute Gasteiger partial charge is 0.395 e. The minimum Gasteiger partial charge on any atom is -0.395 e. The molecule has 0 aromatic carbocycles. The Balaban J connectivity index is 0.000000921. The van der Waals surface area contributed by atoms with Gasteiger partial charge >= 0.3 is 0 Å². The summed E-state index contributed by atoms with van der Waals surface area (Å²) in [5.74, 6) is 0. The first-order chi connectivity index (χ1) is 7.34. The molecule has 0 spiro atoms. The van der Waals surface area contributed by atoms with E-state index in [0.29, 0.717) is 0 Å². The Bertz CT molecular complexity index is 125. The Morgan fingerprint density at radius 1 is 1.20 bits per heavy atom. The number of aliphatic hydroxyl groups excluding tert-OH is 1. The highest BCUT2D eigenvalue weighted by atomic mass is 16.3. The topological polar surface area (TPSA) is 35.5 Å². The highest BCUT2D eigenvalue weighted by Crippen LogP contribution is 2.21. The Morgan fingerprint density at radius 3 is 2.33 bits per heavy atom. The van der Waals surface area contributed by atoms with E-state index in [2.05, 4.69) is 17.3 Å². The Labute approximate surface area is 94.9 Å². The Kier molecular flexibility index (Phi) is 10.3. The molecular weight excluding hydrogens is 188 g/mol. The monoisotopic (exact) mass is 216 g/mol. The molecule has 1 aliphatic rings. The van der Waals surface area contributed by atoms with Crippen LogP contribution in [-0.4, -0.2) is 49.3 Å². The van der Waals surface area contributed by atoms with E-state index >= 15 is 0 Å². The number of nitrogens with one attached hydrogen (secondary N) is 1. The lowest BCUT2D eigenvalue weighted by molar-refractivity contribution is 0.239. The molecule has 3 heteroatoms. The molecule has 0 aromatic rings. The Hall–Kier alpha value is -0.120. The van der Waals surface area contributed by atoms with E-state index in [4.69, 9.17) is 5.11 Å². The number of rotatable bonds is 6. The molecule has 0 bridgehead atoms. The van der Waals surface area contributed by atoms with Crippen LogP contribution < -0.4 is 5.32 Å². The van der Waals surface area contributed by atoms with E-state index in [1.165, 1.54) is 25.7 Å². The third kappa shape index (κ3) is 6.88. The van der Waals surface area contributed by atoms with Crippen LogP contribution in [0.2, 0.25) is 0 Å². The summed E-state index contributed by atoms with van der Waals surface area (Å²) in [4.78, 5) is 2.44. The fourth-order valence-electron chi connectivity index (χ4n) is 1.99. The summed E-state index contributed by atoms with van der Waals surface area (Å²) in [6.45, 7) is 7.06. The van der Waals surface area contributed by atoms with E-state index in [1.807, 2.05) is 13.8 Å². The summed E-state index contributed by atoms with van der Waals surface area (Å²) in [6.07, 6.45) is 5.55. The van der Waals surface area contributed by atoms with Gasteiger partial charge in [-0.05, 0) is 19.9 Å². The van der Waals surface area contributed by atoms with E-state index in [-0.39, 0.29) is 6.61 Å². The zero-order chi connectivity index (χ0) is 11.5. The molecule has 0 radical (unpaired) electrons. The quantitative estimate of drug-likeness (QED) is 0.660. The van der Waals surface area contributed by atoms with Gasteiger partial charge < -0.3 is 15.3 Å². The highest BCUT2D eigenvalue weighted by Gasteiger charge is 2.18. The van der Waals surface area contributed by atoms with Gasteiger partial charge in [0.1, 0.15) is 0 Å². The lowest BCUT2D eigenvalue weighted by Gasteiger charge is -2.23. The van der Waals surface area contributed by atoms with Gasteiger partial charge in [0.25, 0.3) is 0 Å².